The van der Waals surface area contributed by atoms with E-state index in [-0.39, 0.29) is 25.0 Å². The van der Waals surface area contributed by atoms with Crippen LogP contribution in [0.2, 0.25) is 5.02 Å². The largest absolute Gasteiger partial charge is 0.484 e. The number of piperazine rings is 1. The number of hydrogen-bond acceptors (Lipinski definition) is 4. The smallest absolute Gasteiger partial charge is 0.260 e. The van der Waals surface area contributed by atoms with Gasteiger partial charge in [0.25, 0.3) is 11.8 Å². The summed E-state index contributed by atoms with van der Waals surface area (Å²) in [6.45, 7) is 1.85. The first kappa shape index (κ1) is 21.0. The lowest BCUT2D eigenvalue weighted by Crippen LogP contribution is -2.52. The predicted molar refractivity (Wildman–Crippen MR) is 120 cm³/mol. The van der Waals surface area contributed by atoms with Crippen LogP contribution < -0.4 is 9.47 Å². The zero-order valence-corrected chi connectivity index (χ0v) is 17.8. The molecule has 1 aliphatic heterocycles. The van der Waals surface area contributed by atoms with Gasteiger partial charge in [-0.15, -0.1) is 0 Å². The molecule has 0 saturated carbocycles. The van der Waals surface area contributed by atoms with Gasteiger partial charge in [0.05, 0.1) is 0 Å². The van der Waals surface area contributed by atoms with Crippen molar-refractivity contribution in [2.75, 3.05) is 39.4 Å². The summed E-state index contributed by atoms with van der Waals surface area (Å²) in [6, 6.07) is 20.7. The van der Waals surface area contributed by atoms with E-state index < -0.39 is 0 Å². The Morgan fingerprint density at radius 3 is 1.84 bits per heavy atom. The van der Waals surface area contributed by atoms with Gasteiger partial charge in [-0.25, -0.2) is 0 Å². The van der Waals surface area contributed by atoms with Crippen molar-refractivity contribution in [1.82, 2.24) is 9.80 Å². The molecule has 4 rings (SSSR count). The summed E-state index contributed by atoms with van der Waals surface area (Å²) >= 11 is 5.84. The fourth-order valence-corrected chi connectivity index (χ4v) is 3.59. The van der Waals surface area contributed by atoms with Crippen molar-refractivity contribution in [1.29, 1.82) is 0 Å². The van der Waals surface area contributed by atoms with Crippen LogP contribution in [0.5, 0.6) is 11.5 Å². The number of carbonyl (C=O) groups is 2. The Balaban J connectivity index is 1.21. The molecule has 0 atom stereocenters. The third-order valence-electron chi connectivity index (χ3n) is 5.24. The van der Waals surface area contributed by atoms with Crippen LogP contribution in [0.3, 0.4) is 0 Å². The standard InChI is InChI=1S/C24H23ClN2O4/c25-20-6-9-21(10-7-20)30-16-23(28)26-11-13-27(14-12-26)24(29)17-31-22-8-5-18-3-1-2-4-19(18)15-22/h1-10,15H,11-14,16-17H2. The highest BCUT2D eigenvalue weighted by atomic mass is 35.5. The molecule has 0 bridgehead atoms. The summed E-state index contributed by atoms with van der Waals surface area (Å²) < 4.78 is 11.2. The van der Waals surface area contributed by atoms with Gasteiger partial charge >= 0.3 is 0 Å². The molecule has 7 heteroatoms. The average molecular weight is 439 g/mol. The van der Waals surface area contributed by atoms with Crippen molar-refractivity contribution in [3.63, 3.8) is 0 Å². The number of hydrogen-bond donors (Lipinski definition) is 0. The quantitative estimate of drug-likeness (QED) is 0.589. The second kappa shape index (κ2) is 9.71. The van der Waals surface area contributed by atoms with E-state index in [9.17, 15) is 9.59 Å². The van der Waals surface area contributed by atoms with Gasteiger partial charge in [-0.1, -0.05) is 41.9 Å². The van der Waals surface area contributed by atoms with Crippen molar-refractivity contribution >= 4 is 34.2 Å². The number of nitrogens with zero attached hydrogens (tertiary/aromatic N) is 2. The van der Waals surface area contributed by atoms with Crippen LogP contribution in [-0.4, -0.2) is 61.0 Å². The molecule has 0 N–H and O–H groups in total. The highest BCUT2D eigenvalue weighted by Crippen LogP contribution is 2.20. The Morgan fingerprint density at radius 1 is 0.710 bits per heavy atom. The first-order valence-electron chi connectivity index (χ1n) is 10.1. The minimum atomic E-state index is -0.102. The van der Waals surface area contributed by atoms with E-state index in [1.807, 2.05) is 42.5 Å². The highest BCUT2D eigenvalue weighted by molar-refractivity contribution is 6.30. The van der Waals surface area contributed by atoms with E-state index in [1.165, 1.54) is 0 Å². The summed E-state index contributed by atoms with van der Waals surface area (Å²) in [5.74, 6) is 1.07. The molecule has 2 amide bonds. The van der Waals surface area contributed by atoms with Crippen LogP contribution in [0.25, 0.3) is 10.8 Å². The van der Waals surface area contributed by atoms with E-state index in [1.54, 1.807) is 34.1 Å². The van der Waals surface area contributed by atoms with Gasteiger partial charge in [-0.2, -0.15) is 0 Å². The van der Waals surface area contributed by atoms with Crippen LogP contribution >= 0.6 is 11.6 Å². The zero-order valence-electron chi connectivity index (χ0n) is 17.0. The summed E-state index contributed by atoms with van der Waals surface area (Å²) in [7, 11) is 0. The van der Waals surface area contributed by atoms with Gasteiger partial charge in [0.2, 0.25) is 0 Å². The molecular formula is C24H23ClN2O4. The van der Waals surface area contributed by atoms with E-state index in [0.717, 1.165) is 10.8 Å². The lowest BCUT2D eigenvalue weighted by atomic mass is 10.1. The fraction of sp³-hybridized carbons (Fsp3) is 0.250. The Kier molecular flexibility index (Phi) is 6.57. The third-order valence-corrected chi connectivity index (χ3v) is 5.50. The van der Waals surface area contributed by atoms with Gasteiger partial charge in [0.1, 0.15) is 11.5 Å². The number of fused-ring (bicyclic) bond motifs is 1. The minimum absolute atomic E-state index is 0.0219. The maximum absolute atomic E-state index is 12.5. The van der Waals surface area contributed by atoms with E-state index >= 15 is 0 Å². The molecule has 0 aromatic heterocycles. The maximum atomic E-state index is 12.5. The molecular weight excluding hydrogens is 416 g/mol. The van der Waals surface area contributed by atoms with Gasteiger partial charge in [0.15, 0.2) is 13.2 Å². The topological polar surface area (TPSA) is 59.1 Å². The molecule has 6 nitrogen and oxygen atoms in total. The molecule has 3 aromatic rings. The Bertz CT molecular complexity index is 1060. The SMILES string of the molecule is O=C(COc1ccc(Cl)cc1)N1CCN(C(=O)COc2ccc3ccccc3c2)CC1. The van der Waals surface area contributed by atoms with Crippen molar-refractivity contribution in [3.8, 4) is 11.5 Å². The van der Waals surface area contributed by atoms with Crippen LogP contribution in [0.1, 0.15) is 0 Å². The number of halogens is 1. The van der Waals surface area contributed by atoms with Crippen LogP contribution in [0.4, 0.5) is 0 Å². The van der Waals surface area contributed by atoms with E-state index in [4.69, 9.17) is 21.1 Å². The number of carbonyl (C=O) groups excluding carboxylic acids is 2. The highest BCUT2D eigenvalue weighted by Gasteiger charge is 2.24. The first-order valence-corrected chi connectivity index (χ1v) is 10.5. The third kappa shape index (κ3) is 5.47. The van der Waals surface area contributed by atoms with Crippen molar-refractivity contribution in [3.05, 3.63) is 71.8 Å². The maximum Gasteiger partial charge on any atom is 0.260 e. The number of benzene rings is 3. The molecule has 31 heavy (non-hydrogen) atoms. The molecule has 1 fully saturated rings. The van der Waals surface area contributed by atoms with Gasteiger partial charge < -0.3 is 19.3 Å². The zero-order chi connectivity index (χ0) is 21.6. The normalized spacial score (nSPS) is 13.8. The fourth-order valence-electron chi connectivity index (χ4n) is 3.47. The monoisotopic (exact) mass is 438 g/mol. The molecule has 1 saturated heterocycles. The molecule has 0 unspecified atom stereocenters. The van der Waals surface area contributed by atoms with Gasteiger partial charge in [-0.3, -0.25) is 9.59 Å². The van der Waals surface area contributed by atoms with Gasteiger partial charge in [0, 0.05) is 31.2 Å². The average Bonchev–Trinajstić information content (AvgIpc) is 2.82. The molecule has 0 radical (unpaired) electrons. The van der Waals surface area contributed by atoms with Crippen molar-refractivity contribution in [2.24, 2.45) is 0 Å². The summed E-state index contributed by atoms with van der Waals surface area (Å²) in [6.07, 6.45) is 0. The van der Waals surface area contributed by atoms with Crippen LogP contribution in [-0.2, 0) is 9.59 Å². The van der Waals surface area contributed by atoms with E-state index in [0.29, 0.717) is 42.7 Å². The van der Waals surface area contributed by atoms with Crippen LogP contribution in [0.15, 0.2) is 66.7 Å². The molecule has 1 heterocycles. The Labute approximate surface area is 185 Å². The molecule has 160 valence electrons. The summed E-state index contributed by atoms with van der Waals surface area (Å²) in [4.78, 5) is 28.3. The van der Waals surface area contributed by atoms with Crippen molar-refractivity contribution < 1.29 is 19.1 Å². The molecule has 0 spiro atoms. The second-order valence-electron chi connectivity index (χ2n) is 7.30. The second-order valence-corrected chi connectivity index (χ2v) is 7.74. The van der Waals surface area contributed by atoms with E-state index in [2.05, 4.69) is 0 Å². The predicted octanol–water partition coefficient (Wildman–Crippen LogP) is 3.62. The minimum Gasteiger partial charge on any atom is -0.484 e. The number of ether oxygens (including phenoxy) is 2. The lowest BCUT2D eigenvalue weighted by molar-refractivity contribution is -0.141. The first-order chi connectivity index (χ1) is 15.1. The molecule has 0 aliphatic carbocycles. The Morgan fingerprint density at radius 2 is 1.23 bits per heavy atom. The van der Waals surface area contributed by atoms with Gasteiger partial charge in [-0.05, 0) is 47.2 Å². The van der Waals surface area contributed by atoms with Crippen molar-refractivity contribution in [2.45, 2.75) is 0 Å². The van der Waals surface area contributed by atoms with Crippen LogP contribution in [0, 0.1) is 0 Å². The summed E-state index contributed by atoms with van der Waals surface area (Å²) in [5, 5.41) is 2.81. The Hall–Kier alpha value is -3.25. The lowest BCUT2D eigenvalue weighted by Gasteiger charge is -2.34. The number of amides is 2. The molecule has 1 aliphatic rings. The number of rotatable bonds is 6. The molecule has 3 aromatic carbocycles. The summed E-state index contributed by atoms with van der Waals surface area (Å²) in [5.41, 5.74) is 0.